The highest BCUT2D eigenvalue weighted by Crippen LogP contribution is 2.40. The van der Waals surface area contributed by atoms with Gasteiger partial charge >= 0.3 is 0 Å². The summed E-state index contributed by atoms with van der Waals surface area (Å²) >= 11 is 6.06. The standard InChI is InChI=1S/C15H13ClO4S/c16-13-6-12(7-14-15(13)20-10-19-14)9-21(17,18)8-11-4-2-1-3-5-11/h1-7H,8-10H2. The van der Waals surface area contributed by atoms with E-state index in [-0.39, 0.29) is 18.3 Å². The minimum atomic E-state index is -3.28. The van der Waals surface area contributed by atoms with Gasteiger partial charge in [-0.05, 0) is 23.3 Å². The van der Waals surface area contributed by atoms with Gasteiger partial charge in [0.15, 0.2) is 21.3 Å². The Balaban J connectivity index is 1.81. The van der Waals surface area contributed by atoms with E-state index in [4.69, 9.17) is 21.1 Å². The smallest absolute Gasteiger partial charge is 0.231 e. The first kappa shape index (κ1) is 14.2. The van der Waals surface area contributed by atoms with Gasteiger partial charge in [-0.15, -0.1) is 0 Å². The maximum atomic E-state index is 12.3. The van der Waals surface area contributed by atoms with Crippen molar-refractivity contribution in [2.45, 2.75) is 11.5 Å². The predicted molar refractivity (Wildman–Crippen MR) is 80.3 cm³/mol. The van der Waals surface area contributed by atoms with Gasteiger partial charge in [0, 0.05) is 0 Å². The third-order valence-corrected chi connectivity index (χ3v) is 4.93. The van der Waals surface area contributed by atoms with Crippen LogP contribution in [0.5, 0.6) is 11.5 Å². The highest BCUT2D eigenvalue weighted by atomic mass is 35.5. The molecule has 6 heteroatoms. The van der Waals surface area contributed by atoms with Gasteiger partial charge in [0.1, 0.15) is 0 Å². The van der Waals surface area contributed by atoms with Crippen molar-refractivity contribution in [3.63, 3.8) is 0 Å². The number of ether oxygens (including phenoxy) is 2. The number of hydrogen-bond acceptors (Lipinski definition) is 4. The molecule has 2 aromatic rings. The van der Waals surface area contributed by atoms with E-state index < -0.39 is 9.84 Å². The van der Waals surface area contributed by atoms with Gasteiger partial charge in [0.05, 0.1) is 16.5 Å². The van der Waals surface area contributed by atoms with E-state index in [2.05, 4.69) is 0 Å². The quantitative estimate of drug-likeness (QED) is 0.866. The van der Waals surface area contributed by atoms with Gasteiger partial charge in [-0.25, -0.2) is 8.42 Å². The second-order valence-corrected chi connectivity index (χ2v) is 7.30. The Morgan fingerprint density at radius 1 is 1.00 bits per heavy atom. The monoisotopic (exact) mass is 324 g/mol. The van der Waals surface area contributed by atoms with E-state index >= 15 is 0 Å². The second kappa shape index (κ2) is 5.58. The molecule has 21 heavy (non-hydrogen) atoms. The normalized spacial score (nSPS) is 13.4. The van der Waals surface area contributed by atoms with Crippen LogP contribution in [0, 0.1) is 0 Å². The summed E-state index contributed by atoms with van der Waals surface area (Å²) in [5, 5.41) is 0.370. The lowest BCUT2D eigenvalue weighted by molar-refractivity contribution is 0.174. The summed E-state index contributed by atoms with van der Waals surface area (Å²) in [6.07, 6.45) is 0. The molecule has 0 N–H and O–H groups in total. The van der Waals surface area contributed by atoms with E-state index in [1.807, 2.05) is 18.2 Å². The molecule has 1 heterocycles. The minimum Gasteiger partial charge on any atom is -0.454 e. The predicted octanol–water partition coefficient (Wildman–Crippen LogP) is 3.18. The number of sulfone groups is 1. The molecule has 4 nitrogen and oxygen atoms in total. The Morgan fingerprint density at radius 2 is 1.71 bits per heavy atom. The van der Waals surface area contributed by atoms with Crippen LogP contribution in [0.25, 0.3) is 0 Å². The molecule has 0 saturated carbocycles. The second-order valence-electron chi connectivity index (χ2n) is 4.83. The minimum absolute atomic E-state index is 0.0000983. The van der Waals surface area contributed by atoms with Crippen LogP contribution in [0.4, 0.5) is 0 Å². The lowest BCUT2D eigenvalue weighted by Crippen LogP contribution is -2.07. The number of hydrogen-bond donors (Lipinski definition) is 0. The summed E-state index contributed by atoms with van der Waals surface area (Å²) in [6.45, 7) is 0.106. The fraction of sp³-hybridized carbons (Fsp3) is 0.200. The van der Waals surface area contributed by atoms with Crippen LogP contribution in [0.1, 0.15) is 11.1 Å². The van der Waals surface area contributed by atoms with Crippen LogP contribution in [0.2, 0.25) is 5.02 Å². The Bertz CT molecular complexity index is 757. The summed E-state index contributed by atoms with van der Waals surface area (Å²) in [5.41, 5.74) is 1.37. The third kappa shape index (κ3) is 3.31. The van der Waals surface area contributed by atoms with Crippen LogP contribution >= 0.6 is 11.6 Å². The Morgan fingerprint density at radius 3 is 2.48 bits per heavy atom. The van der Waals surface area contributed by atoms with Crippen LogP contribution in [-0.4, -0.2) is 15.2 Å². The summed E-state index contributed by atoms with van der Waals surface area (Å²) in [5.74, 6) is 0.881. The molecule has 0 radical (unpaired) electrons. The molecule has 110 valence electrons. The molecule has 2 aromatic carbocycles. The molecule has 0 saturated heterocycles. The molecule has 0 spiro atoms. The van der Waals surface area contributed by atoms with E-state index in [0.29, 0.717) is 22.1 Å². The molecule has 1 aliphatic rings. The van der Waals surface area contributed by atoms with Gasteiger partial charge in [0.25, 0.3) is 0 Å². The van der Waals surface area contributed by atoms with Gasteiger partial charge in [-0.1, -0.05) is 41.9 Å². The highest BCUT2D eigenvalue weighted by molar-refractivity contribution is 7.89. The fourth-order valence-electron chi connectivity index (χ4n) is 2.24. The average Bonchev–Trinajstić information content (AvgIpc) is 2.87. The van der Waals surface area contributed by atoms with E-state index in [0.717, 1.165) is 5.56 Å². The van der Waals surface area contributed by atoms with Gasteiger partial charge < -0.3 is 9.47 Å². The lowest BCUT2D eigenvalue weighted by Gasteiger charge is -2.07. The largest absolute Gasteiger partial charge is 0.454 e. The van der Waals surface area contributed by atoms with Crippen LogP contribution < -0.4 is 9.47 Å². The molecule has 1 aliphatic heterocycles. The van der Waals surface area contributed by atoms with Crippen molar-refractivity contribution in [2.75, 3.05) is 6.79 Å². The van der Waals surface area contributed by atoms with E-state index in [9.17, 15) is 8.42 Å². The lowest BCUT2D eigenvalue weighted by atomic mass is 10.2. The zero-order chi connectivity index (χ0) is 14.9. The number of rotatable bonds is 4. The van der Waals surface area contributed by atoms with Crippen molar-refractivity contribution < 1.29 is 17.9 Å². The third-order valence-electron chi connectivity index (χ3n) is 3.10. The van der Waals surface area contributed by atoms with Crippen LogP contribution in [0.15, 0.2) is 42.5 Å². The van der Waals surface area contributed by atoms with Gasteiger partial charge in [-0.3, -0.25) is 0 Å². The number of benzene rings is 2. The van der Waals surface area contributed by atoms with Crippen molar-refractivity contribution in [3.05, 3.63) is 58.6 Å². The van der Waals surface area contributed by atoms with Crippen molar-refractivity contribution in [3.8, 4) is 11.5 Å². The topological polar surface area (TPSA) is 52.6 Å². The summed E-state index contributed by atoms with van der Waals surface area (Å²) in [6, 6.07) is 12.4. The van der Waals surface area contributed by atoms with E-state index in [1.165, 1.54) is 0 Å². The maximum Gasteiger partial charge on any atom is 0.231 e. The summed E-state index contributed by atoms with van der Waals surface area (Å²) in [4.78, 5) is 0. The zero-order valence-corrected chi connectivity index (χ0v) is 12.7. The molecule has 0 fully saturated rings. The first-order valence-corrected chi connectivity index (χ1v) is 8.56. The Hall–Kier alpha value is -1.72. The van der Waals surface area contributed by atoms with Crippen LogP contribution in [0.3, 0.4) is 0 Å². The fourth-order valence-corrected chi connectivity index (χ4v) is 4.00. The van der Waals surface area contributed by atoms with Crippen molar-refractivity contribution in [1.82, 2.24) is 0 Å². The molecule has 0 bridgehead atoms. The maximum absolute atomic E-state index is 12.3. The molecule has 3 rings (SSSR count). The molecule has 0 aromatic heterocycles. The van der Waals surface area contributed by atoms with E-state index in [1.54, 1.807) is 24.3 Å². The SMILES string of the molecule is O=S(=O)(Cc1ccccc1)Cc1cc(Cl)c2c(c1)OCO2. The first-order valence-electron chi connectivity index (χ1n) is 6.36. The van der Waals surface area contributed by atoms with Crippen molar-refractivity contribution in [1.29, 1.82) is 0 Å². The van der Waals surface area contributed by atoms with Crippen molar-refractivity contribution in [2.24, 2.45) is 0 Å². The molecule has 0 unspecified atom stereocenters. The average molecular weight is 325 g/mol. The number of halogens is 1. The first-order chi connectivity index (χ1) is 10.0. The van der Waals surface area contributed by atoms with Gasteiger partial charge in [-0.2, -0.15) is 0 Å². The Labute approximate surface area is 128 Å². The van der Waals surface area contributed by atoms with Crippen LogP contribution in [-0.2, 0) is 21.3 Å². The summed E-state index contributed by atoms with van der Waals surface area (Å²) < 4.78 is 35.0. The summed E-state index contributed by atoms with van der Waals surface area (Å²) in [7, 11) is -3.28. The van der Waals surface area contributed by atoms with Crippen molar-refractivity contribution >= 4 is 21.4 Å². The molecule has 0 atom stereocenters. The zero-order valence-electron chi connectivity index (χ0n) is 11.1. The molecular weight excluding hydrogens is 312 g/mol. The molecule has 0 aliphatic carbocycles. The molecule has 0 amide bonds. The molecular formula is C15H13ClO4S. The Kier molecular flexibility index (Phi) is 3.78. The number of fused-ring (bicyclic) bond motifs is 1. The highest BCUT2D eigenvalue weighted by Gasteiger charge is 2.21. The van der Waals surface area contributed by atoms with Gasteiger partial charge in [0.2, 0.25) is 6.79 Å².